The molecule has 1 aromatic heterocycles. The van der Waals surface area contributed by atoms with Gasteiger partial charge in [0.15, 0.2) is 5.82 Å². The lowest BCUT2D eigenvalue weighted by atomic mass is 10.2. The number of sulfonamides is 1. The number of morpholine rings is 1. The Hall–Kier alpha value is -1.25. The lowest BCUT2D eigenvalue weighted by molar-refractivity contribution is -0.00460. The second-order valence-corrected chi connectivity index (χ2v) is 6.62. The molecule has 1 fully saturated rings. The molecule has 0 spiro atoms. The van der Waals surface area contributed by atoms with Gasteiger partial charge in [-0.25, -0.2) is 13.4 Å². The first-order valence-electron chi connectivity index (χ1n) is 5.94. The van der Waals surface area contributed by atoms with Crippen LogP contribution in [0.5, 0.6) is 0 Å². The van der Waals surface area contributed by atoms with Crippen molar-refractivity contribution in [2.45, 2.75) is 6.10 Å². The predicted octanol–water partition coefficient (Wildman–Crippen LogP) is -0.124. The van der Waals surface area contributed by atoms with Gasteiger partial charge in [-0.3, -0.25) is 4.98 Å². The van der Waals surface area contributed by atoms with Crippen molar-refractivity contribution in [3.05, 3.63) is 18.1 Å². The SMILES string of the molecule is CN(C)c1nccnc1[C@H]1CN(S(C)(=O)=O)CCO1. The molecule has 106 valence electrons. The summed E-state index contributed by atoms with van der Waals surface area (Å²) in [6.07, 6.45) is 4.02. The fourth-order valence-corrected chi connectivity index (χ4v) is 2.82. The average molecular weight is 286 g/mol. The van der Waals surface area contributed by atoms with Crippen LogP contribution in [0.25, 0.3) is 0 Å². The normalized spacial score (nSPS) is 21.3. The molecule has 2 rings (SSSR count). The summed E-state index contributed by atoms with van der Waals surface area (Å²) in [5, 5.41) is 0. The maximum atomic E-state index is 11.6. The maximum Gasteiger partial charge on any atom is 0.211 e. The van der Waals surface area contributed by atoms with Crippen molar-refractivity contribution < 1.29 is 13.2 Å². The molecule has 8 heteroatoms. The monoisotopic (exact) mass is 286 g/mol. The Kier molecular flexibility index (Phi) is 4.02. The molecular formula is C11H18N4O3S. The highest BCUT2D eigenvalue weighted by Gasteiger charge is 2.30. The van der Waals surface area contributed by atoms with Gasteiger partial charge in [0.25, 0.3) is 0 Å². The topological polar surface area (TPSA) is 75.6 Å². The van der Waals surface area contributed by atoms with Crippen LogP contribution in [0.2, 0.25) is 0 Å². The summed E-state index contributed by atoms with van der Waals surface area (Å²) in [5.74, 6) is 0.697. The van der Waals surface area contributed by atoms with Crippen LogP contribution >= 0.6 is 0 Å². The van der Waals surface area contributed by atoms with E-state index in [1.165, 1.54) is 10.6 Å². The first-order valence-corrected chi connectivity index (χ1v) is 7.79. The van der Waals surface area contributed by atoms with E-state index < -0.39 is 10.0 Å². The van der Waals surface area contributed by atoms with Crippen molar-refractivity contribution in [1.82, 2.24) is 14.3 Å². The molecule has 0 amide bonds. The Morgan fingerprint density at radius 2 is 2.05 bits per heavy atom. The Bertz CT molecular complexity index is 547. The number of nitrogens with zero attached hydrogens (tertiary/aromatic N) is 4. The van der Waals surface area contributed by atoms with Gasteiger partial charge in [-0.2, -0.15) is 4.31 Å². The van der Waals surface area contributed by atoms with Gasteiger partial charge in [0.05, 0.1) is 12.9 Å². The van der Waals surface area contributed by atoms with Gasteiger partial charge in [-0.1, -0.05) is 0 Å². The minimum Gasteiger partial charge on any atom is -0.369 e. The third-order valence-corrected chi connectivity index (χ3v) is 4.20. The quantitative estimate of drug-likeness (QED) is 0.771. The zero-order valence-electron chi connectivity index (χ0n) is 11.3. The molecule has 0 bridgehead atoms. The van der Waals surface area contributed by atoms with E-state index in [4.69, 9.17) is 4.74 Å². The molecule has 0 saturated carbocycles. The van der Waals surface area contributed by atoms with Crippen molar-refractivity contribution >= 4 is 15.8 Å². The number of hydrogen-bond acceptors (Lipinski definition) is 6. The first kappa shape index (κ1) is 14.2. The third kappa shape index (κ3) is 3.20. The summed E-state index contributed by atoms with van der Waals surface area (Å²) in [5.41, 5.74) is 0.667. The number of rotatable bonds is 3. The smallest absolute Gasteiger partial charge is 0.211 e. The molecule has 1 aliphatic rings. The largest absolute Gasteiger partial charge is 0.369 e. The number of ether oxygens (including phenoxy) is 1. The van der Waals surface area contributed by atoms with Gasteiger partial charge in [0.1, 0.15) is 11.8 Å². The minimum absolute atomic E-state index is 0.276. The third-order valence-electron chi connectivity index (χ3n) is 2.93. The van der Waals surface area contributed by atoms with Crippen LogP contribution in [0, 0.1) is 0 Å². The fourth-order valence-electron chi connectivity index (χ4n) is 2.01. The van der Waals surface area contributed by atoms with E-state index in [1.54, 1.807) is 12.4 Å². The Balaban J connectivity index is 2.27. The molecule has 2 heterocycles. The Morgan fingerprint density at radius 1 is 1.37 bits per heavy atom. The van der Waals surface area contributed by atoms with E-state index >= 15 is 0 Å². The molecule has 0 aliphatic carbocycles. The van der Waals surface area contributed by atoms with Crippen LogP contribution in [0.3, 0.4) is 0 Å². The molecule has 1 aromatic rings. The number of anilines is 1. The van der Waals surface area contributed by atoms with E-state index in [-0.39, 0.29) is 12.6 Å². The Morgan fingerprint density at radius 3 is 2.68 bits per heavy atom. The zero-order valence-corrected chi connectivity index (χ0v) is 12.1. The van der Waals surface area contributed by atoms with Crippen molar-refractivity contribution in [3.63, 3.8) is 0 Å². The van der Waals surface area contributed by atoms with Gasteiger partial charge >= 0.3 is 0 Å². The van der Waals surface area contributed by atoms with Gasteiger partial charge < -0.3 is 9.64 Å². The van der Waals surface area contributed by atoms with E-state index in [0.717, 1.165) is 0 Å². The van der Waals surface area contributed by atoms with Gasteiger partial charge in [0, 0.05) is 39.6 Å². The first-order chi connectivity index (χ1) is 8.89. The van der Waals surface area contributed by atoms with Crippen molar-refractivity contribution in [2.75, 3.05) is 44.9 Å². The molecule has 1 saturated heterocycles. The molecule has 19 heavy (non-hydrogen) atoms. The highest BCUT2D eigenvalue weighted by Crippen LogP contribution is 2.27. The van der Waals surface area contributed by atoms with Crippen LogP contribution in [0.15, 0.2) is 12.4 Å². The van der Waals surface area contributed by atoms with Crippen molar-refractivity contribution in [3.8, 4) is 0 Å². The summed E-state index contributed by atoms with van der Waals surface area (Å²) in [6, 6.07) is 0. The highest BCUT2D eigenvalue weighted by molar-refractivity contribution is 7.88. The molecule has 1 aliphatic heterocycles. The molecule has 0 aromatic carbocycles. The second kappa shape index (κ2) is 5.40. The van der Waals surface area contributed by atoms with Gasteiger partial charge in [-0.15, -0.1) is 0 Å². The molecule has 1 atom stereocenters. The maximum absolute atomic E-state index is 11.6. The summed E-state index contributed by atoms with van der Waals surface area (Å²) in [4.78, 5) is 10.4. The molecule has 7 nitrogen and oxygen atoms in total. The lowest BCUT2D eigenvalue weighted by Crippen LogP contribution is -2.42. The van der Waals surface area contributed by atoms with E-state index in [2.05, 4.69) is 9.97 Å². The summed E-state index contributed by atoms with van der Waals surface area (Å²) >= 11 is 0. The predicted molar refractivity (Wildman–Crippen MR) is 71.5 cm³/mol. The van der Waals surface area contributed by atoms with Crippen LogP contribution in [0.4, 0.5) is 5.82 Å². The summed E-state index contributed by atoms with van der Waals surface area (Å²) in [6.45, 7) is 1.02. The van der Waals surface area contributed by atoms with Crippen LogP contribution in [0.1, 0.15) is 11.8 Å². The summed E-state index contributed by atoms with van der Waals surface area (Å²) < 4.78 is 30.3. The molecule has 0 N–H and O–H groups in total. The lowest BCUT2D eigenvalue weighted by Gasteiger charge is -2.32. The number of hydrogen-bond donors (Lipinski definition) is 0. The summed E-state index contributed by atoms with van der Waals surface area (Å²) in [7, 11) is 0.523. The molecular weight excluding hydrogens is 268 g/mol. The molecule has 0 unspecified atom stereocenters. The van der Waals surface area contributed by atoms with E-state index in [9.17, 15) is 8.42 Å². The van der Waals surface area contributed by atoms with Crippen molar-refractivity contribution in [1.29, 1.82) is 0 Å². The standard InChI is InChI=1S/C11H18N4O3S/c1-14(2)11-10(12-4-5-13-11)9-8-15(6-7-18-9)19(3,16)17/h4-5,9H,6-8H2,1-3H3/t9-/m1/s1. The number of aromatic nitrogens is 2. The van der Waals surface area contributed by atoms with Crippen LogP contribution < -0.4 is 4.90 Å². The minimum atomic E-state index is -3.21. The van der Waals surface area contributed by atoms with E-state index in [1.807, 2.05) is 19.0 Å². The zero-order chi connectivity index (χ0) is 14.0. The Labute approximate surface area is 113 Å². The fraction of sp³-hybridized carbons (Fsp3) is 0.636. The van der Waals surface area contributed by atoms with Gasteiger partial charge in [0.2, 0.25) is 10.0 Å². The second-order valence-electron chi connectivity index (χ2n) is 4.64. The van der Waals surface area contributed by atoms with Crippen molar-refractivity contribution in [2.24, 2.45) is 0 Å². The van der Waals surface area contributed by atoms with E-state index in [0.29, 0.717) is 24.7 Å². The molecule has 0 radical (unpaired) electrons. The van der Waals surface area contributed by atoms with Crippen LogP contribution in [-0.4, -0.2) is 62.7 Å². The average Bonchev–Trinajstić information content (AvgIpc) is 2.38. The van der Waals surface area contributed by atoms with Gasteiger partial charge in [-0.05, 0) is 0 Å². The highest BCUT2D eigenvalue weighted by atomic mass is 32.2. The van der Waals surface area contributed by atoms with Crippen LogP contribution in [-0.2, 0) is 14.8 Å².